The highest BCUT2D eigenvalue weighted by atomic mass is 16.5. The molecule has 16 heavy (non-hydrogen) atoms. The molecule has 5 N–H and O–H groups in total. The van der Waals surface area contributed by atoms with E-state index >= 15 is 0 Å². The zero-order valence-electron chi connectivity index (χ0n) is 8.98. The zero-order chi connectivity index (χ0) is 12.0. The highest BCUT2D eigenvalue weighted by Gasteiger charge is 2.33. The number of ether oxygens (including phenoxy) is 1. The molecule has 7 nitrogen and oxygen atoms in total. The Labute approximate surface area is 93.4 Å². The van der Waals surface area contributed by atoms with Crippen LogP contribution in [0.2, 0.25) is 0 Å². The highest BCUT2D eigenvalue weighted by molar-refractivity contribution is 5.82. The van der Waals surface area contributed by atoms with Gasteiger partial charge in [-0.05, 0) is 0 Å². The summed E-state index contributed by atoms with van der Waals surface area (Å²) >= 11 is 0. The Morgan fingerprint density at radius 3 is 2.44 bits per heavy atom. The Morgan fingerprint density at radius 2 is 2.00 bits per heavy atom. The van der Waals surface area contributed by atoms with Gasteiger partial charge in [0.2, 0.25) is 0 Å². The molecule has 1 unspecified atom stereocenters. The summed E-state index contributed by atoms with van der Waals surface area (Å²) in [5.74, 6) is -0.454. The van der Waals surface area contributed by atoms with Gasteiger partial charge in [-0.2, -0.15) is 0 Å². The van der Waals surface area contributed by atoms with Gasteiger partial charge in [0.15, 0.2) is 0 Å². The van der Waals surface area contributed by atoms with Crippen molar-refractivity contribution in [1.29, 1.82) is 0 Å². The molecule has 0 saturated carbocycles. The number of carbonyl (C=O) groups is 1. The molecular weight excluding hydrogens is 216 g/mol. The molecule has 0 aromatic carbocycles. The van der Waals surface area contributed by atoms with E-state index in [1.165, 1.54) is 0 Å². The topological polar surface area (TPSA) is 111 Å². The fraction of sp³-hybridized carbons (Fsp3) is 0.889. The SMILES string of the molecule is O=C(NC(CO)(CO)CO)C1CNCCO1. The third-order valence-corrected chi connectivity index (χ3v) is 2.52. The van der Waals surface area contributed by atoms with Gasteiger partial charge in [-0.3, -0.25) is 4.79 Å². The number of hydrogen-bond donors (Lipinski definition) is 5. The number of hydrogen-bond acceptors (Lipinski definition) is 6. The van der Waals surface area contributed by atoms with E-state index in [4.69, 9.17) is 20.1 Å². The van der Waals surface area contributed by atoms with Crippen molar-refractivity contribution in [3.05, 3.63) is 0 Å². The number of rotatable bonds is 5. The van der Waals surface area contributed by atoms with Gasteiger partial charge in [0, 0.05) is 13.1 Å². The largest absolute Gasteiger partial charge is 0.394 e. The number of aliphatic hydroxyl groups excluding tert-OH is 3. The molecule has 1 aliphatic rings. The molecule has 1 rings (SSSR count). The van der Waals surface area contributed by atoms with E-state index in [0.29, 0.717) is 19.7 Å². The molecule has 7 heteroatoms. The molecule has 1 amide bonds. The van der Waals surface area contributed by atoms with Crippen molar-refractivity contribution in [3.63, 3.8) is 0 Å². The Morgan fingerprint density at radius 1 is 1.38 bits per heavy atom. The molecule has 1 aliphatic heterocycles. The lowest BCUT2D eigenvalue weighted by molar-refractivity contribution is -0.138. The number of amides is 1. The van der Waals surface area contributed by atoms with Gasteiger partial charge >= 0.3 is 0 Å². The van der Waals surface area contributed by atoms with Crippen LogP contribution in [0.1, 0.15) is 0 Å². The molecule has 1 fully saturated rings. The number of morpholine rings is 1. The van der Waals surface area contributed by atoms with Crippen LogP contribution in [0.5, 0.6) is 0 Å². The first kappa shape index (κ1) is 13.3. The second-order valence-corrected chi connectivity index (χ2v) is 3.81. The van der Waals surface area contributed by atoms with Crippen molar-refractivity contribution in [2.24, 2.45) is 0 Å². The molecule has 94 valence electrons. The maximum absolute atomic E-state index is 11.7. The first-order valence-electron chi connectivity index (χ1n) is 5.14. The van der Waals surface area contributed by atoms with Gasteiger partial charge in [-0.25, -0.2) is 0 Å². The Hall–Kier alpha value is -0.730. The molecular formula is C9H18N2O5. The predicted molar refractivity (Wildman–Crippen MR) is 54.7 cm³/mol. The molecule has 0 aliphatic carbocycles. The minimum atomic E-state index is -1.39. The fourth-order valence-corrected chi connectivity index (χ4v) is 1.34. The third kappa shape index (κ3) is 3.13. The molecule has 0 aromatic heterocycles. The van der Waals surface area contributed by atoms with Crippen molar-refractivity contribution in [1.82, 2.24) is 10.6 Å². The van der Waals surface area contributed by atoms with Crippen LogP contribution in [-0.2, 0) is 9.53 Å². The first-order valence-corrected chi connectivity index (χ1v) is 5.14. The van der Waals surface area contributed by atoms with E-state index in [1.54, 1.807) is 0 Å². The Bertz CT molecular complexity index is 218. The Kier molecular flexibility index (Phi) is 5.10. The average molecular weight is 234 g/mol. The lowest BCUT2D eigenvalue weighted by Crippen LogP contribution is -2.61. The van der Waals surface area contributed by atoms with Crippen LogP contribution in [0.3, 0.4) is 0 Å². The van der Waals surface area contributed by atoms with E-state index in [-0.39, 0.29) is 0 Å². The maximum Gasteiger partial charge on any atom is 0.251 e. The number of nitrogens with one attached hydrogen (secondary N) is 2. The molecule has 0 radical (unpaired) electrons. The van der Waals surface area contributed by atoms with Crippen LogP contribution < -0.4 is 10.6 Å². The van der Waals surface area contributed by atoms with E-state index in [2.05, 4.69) is 10.6 Å². The Balaban J connectivity index is 2.53. The predicted octanol–water partition coefficient (Wildman–Crippen LogP) is -3.19. The molecule has 0 spiro atoms. The first-order chi connectivity index (χ1) is 7.67. The lowest BCUT2D eigenvalue weighted by atomic mass is 10.0. The van der Waals surface area contributed by atoms with Crippen molar-refractivity contribution in [2.45, 2.75) is 11.6 Å². The summed E-state index contributed by atoms with van der Waals surface area (Å²) in [6.45, 7) is -0.106. The van der Waals surface area contributed by atoms with Crippen molar-refractivity contribution in [2.75, 3.05) is 39.5 Å². The highest BCUT2D eigenvalue weighted by Crippen LogP contribution is 2.04. The average Bonchev–Trinajstić information content (AvgIpc) is 2.37. The summed E-state index contributed by atoms with van der Waals surface area (Å²) < 4.78 is 5.20. The minimum absolute atomic E-state index is 0.379. The van der Waals surface area contributed by atoms with Crippen molar-refractivity contribution >= 4 is 5.91 Å². The lowest BCUT2D eigenvalue weighted by Gasteiger charge is -2.31. The quantitative estimate of drug-likeness (QED) is 0.343. The van der Waals surface area contributed by atoms with E-state index in [1.807, 2.05) is 0 Å². The monoisotopic (exact) mass is 234 g/mol. The smallest absolute Gasteiger partial charge is 0.251 e. The molecule has 1 atom stereocenters. The second-order valence-electron chi connectivity index (χ2n) is 3.81. The van der Waals surface area contributed by atoms with E-state index in [0.717, 1.165) is 0 Å². The van der Waals surface area contributed by atoms with E-state index in [9.17, 15) is 4.79 Å². The molecule has 1 heterocycles. The minimum Gasteiger partial charge on any atom is -0.394 e. The van der Waals surface area contributed by atoms with E-state index < -0.39 is 37.4 Å². The fourth-order valence-electron chi connectivity index (χ4n) is 1.34. The van der Waals surface area contributed by atoms with Gasteiger partial charge in [0.1, 0.15) is 11.6 Å². The van der Waals surface area contributed by atoms with Gasteiger partial charge in [-0.15, -0.1) is 0 Å². The summed E-state index contributed by atoms with van der Waals surface area (Å²) in [5.41, 5.74) is -1.39. The second kappa shape index (κ2) is 6.12. The maximum atomic E-state index is 11.7. The van der Waals surface area contributed by atoms with Gasteiger partial charge in [-0.1, -0.05) is 0 Å². The van der Waals surface area contributed by atoms with Crippen LogP contribution in [0, 0.1) is 0 Å². The van der Waals surface area contributed by atoms with Crippen molar-refractivity contribution in [3.8, 4) is 0 Å². The number of carbonyl (C=O) groups excluding carboxylic acids is 1. The normalized spacial score (nSPS) is 21.8. The van der Waals surface area contributed by atoms with Gasteiger partial charge < -0.3 is 30.7 Å². The standard InChI is InChI=1S/C9H18N2O5/c12-4-9(5-13,6-14)11-8(15)7-3-10-1-2-16-7/h7,10,12-14H,1-6H2,(H,11,15). The third-order valence-electron chi connectivity index (χ3n) is 2.52. The zero-order valence-corrected chi connectivity index (χ0v) is 8.98. The van der Waals surface area contributed by atoms with Gasteiger partial charge in [0.05, 0.1) is 26.4 Å². The van der Waals surface area contributed by atoms with Crippen molar-refractivity contribution < 1.29 is 24.9 Å². The summed E-state index contributed by atoms with van der Waals surface area (Å²) in [6.07, 6.45) is -0.655. The summed E-state index contributed by atoms with van der Waals surface area (Å²) in [7, 11) is 0. The van der Waals surface area contributed by atoms with Crippen LogP contribution in [0.15, 0.2) is 0 Å². The molecule has 0 bridgehead atoms. The van der Waals surface area contributed by atoms with Crippen LogP contribution in [-0.4, -0.2) is 72.4 Å². The summed E-state index contributed by atoms with van der Waals surface area (Å²) in [6, 6.07) is 0. The summed E-state index contributed by atoms with van der Waals surface area (Å²) in [5, 5.41) is 32.5. The molecule has 0 aromatic rings. The van der Waals surface area contributed by atoms with Crippen LogP contribution >= 0.6 is 0 Å². The van der Waals surface area contributed by atoms with Crippen LogP contribution in [0.4, 0.5) is 0 Å². The molecule has 1 saturated heterocycles. The van der Waals surface area contributed by atoms with Crippen LogP contribution in [0.25, 0.3) is 0 Å². The number of aliphatic hydroxyl groups is 3. The summed E-state index contributed by atoms with van der Waals surface area (Å²) in [4.78, 5) is 11.7. The van der Waals surface area contributed by atoms with Gasteiger partial charge in [0.25, 0.3) is 5.91 Å².